The van der Waals surface area contributed by atoms with Crippen molar-refractivity contribution in [3.05, 3.63) is 79.6 Å². The normalized spacial score (nSPS) is 15.3. The van der Waals surface area contributed by atoms with E-state index in [0.717, 1.165) is 18.4 Å². The lowest BCUT2D eigenvalue weighted by Crippen LogP contribution is -2.29. The van der Waals surface area contributed by atoms with Gasteiger partial charge in [-0.2, -0.15) is 0 Å². The molecule has 1 amide bonds. The molecule has 0 radical (unpaired) electrons. The van der Waals surface area contributed by atoms with Gasteiger partial charge in [0.05, 0.1) is 23.6 Å². The maximum absolute atomic E-state index is 13.6. The van der Waals surface area contributed by atoms with Crippen molar-refractivity contribution in [2.75, 3.05) is 11.5 Å². The van der Waals surface area contributed by atoms with E-state index in [-0.39, 0.29) is 16.8 Å². The lowest BCUT2D eigenvalue weighted by molar-refractivity contribution is 0.0970. The Morgan fingerprint density at radius 3 is 2.79 bits per heavy atom. The highest BCUT2D eigenvalue weighted by Crippen LogP contribution is 2.42. The number of aryl methyl sites for hydroxylation is 1. The summed E-state index contributed by atoms with van der Waals surface area (Å²) in [6.45, 7) is 4.50. The van der Waals surface area contributed by atoms with Gasteiger partial charge in [0.15, 0.2) is 5.43 Å². The molecule has 0 N–H and O–H groups in total. The number of anilines is 1. The number of hydrogen-bond acceptors (Lipinski definition) is 7. The Balaban J connectivity index is 1.71. The second-order valence-corrected chi connectivity index (χ2v) is 9.37. The number of fused-ring (bicyclic) bond motifs is 2. The molecule has 0 saturated carbocycles. The number of nitrogens with zero attached hydrogens (tertiary/aromatic N) is 3. The molecule has 0 aliphatic carbocycles. The molecular weight excluding hydrogens is 462 g/mol. The number of ether oxygens (including phenoxy) is 1. The molecule has 1 aliphatic rings. The van der Waals surface area contributed by atoms with Crippen molar-refractivity contribution in [1.29, 1.82) is 0 Å². The van der Waals surface area contributed by atoms with Gasteiger partial charge >= 0.3 is 0 Å². The van der Waals surface area contributed by atoms with E-state index in [9.17, 15) is 9.59 Å². The molecule has 1 unspecified atom stereocenters. The summed E-state index contributed by atoms with van der Waals surface area (Å²) in [4.78, 5) is 28.6. The van der Waals surface area contributed by atoms with E-state index in [0.29, 0.717) is 38.5 Å². The van der Waals surface area contributed by atoms with Gasteiger partial charge in [-0.15, -0.1) is 10.2 Å². The van der Waals surface area contributed by atoms with Crippen molar-refractivity contribution in [2.24, 2.45) is 0 Å². The molecule has 5 rings (SSSR count). The number of carbonyl (C=O) groups excluding carboxylic acids is 1. The fourth-order valence-corrected chi connectivity index (χ4v) is 4.84. The first-order valence-electron chi connectivity index (χ1n) is 10.6. The molecular formula is C24H20ClN3O4S. The fraction of sp³-hybridized carbons (Fsp3) is 0.250. The zero-order valence-corrected chi connectivity index (χ0v) is 19.6. The van der Waals surface area contributed by atoms with Gasteiger partial charge in [-0.3, -0.25) is 14.5 Å². The zero-order valence-electron chi connectivity index (χ0n) is 18.0. The van der Waals surface area contributed by atoms with E-state index in [4.69, 9.17) is 20.8 Å². The summed E-state index contributed by atoms with van der Waals surface area (Å²) in [6.07, 6.45) is 1.95. The average Bonchev–Trinajstić information content (AvgIpc) is 3.36. The monoisotopic (exact) mass is 481 g/mol. The SMILES string of the molecule is CCCCOc1cccc(C2c3c(oc4ccc(Cl)cc4c3=O)C(=O)N2c2nnc(C)s2)c1. The Kier molecular flexibility index (Phi) is 5.64. The second-order valence-electron chi connectivity index (χ2n) is 7.77. The molecule has 9 heteroatoms. The van der Waals surface area contributed by atoms with Crippen LogP contribution in [0.4, 0.5) is 5.13 Å². The van der Waals surface area contributed by atoms with Gasteiger partial charge in [-0.1, -0.05) is 48.4 Å². The molecule has 0 saturated heterocycles. The van der Waals surface area contributed by atoms with Crippen LogP contribution in [-0.4, -0.2) is 22.7 Å². The third-order valence-electron chi connectivity index (χ3n) is 5.49. The van der Waals surface area contributed by atoms with Crippen molar-refractivity contribution >= 4 is 44.9 Å². The van der Waals surface area contributed by atoms with E-state index in [1.807, 2.05) is 31.2 Å². The predicted molar refractivity (Wildman–Crippen MR) is 128 cm³/mol. The summed E-state index contributed by atoms with van der Waals surface area (Å²) >= 11 is 7.42. The fourth-order valence-electron chi connectivity index (χ4n) is 3.95. The maximum Gasteiger partial charge on any atom is 0.297 e. The average molecular weight is 482 g/mol. The largest absolute Gasteiger partial charge is 0.494 e. The molecule has 33 heavy (non-hydrogen) atoms. The van der Waals surface area contributed by atoms with Crippen LogP contribution in [-0.2, 0) is 0 Å². The van der Waals surface area contributed by atoms with Crippen LogP contribution in [0.15, 0.2) is 51.7 Å². The molecule has 1 atom stereocenters. The first-order valence-corrected chi connectivity index (χ1v) is 11.8. The third kappa shape index (κ3) is 3.79. The minimum absolute atomic E-state index is 0.00461. The van der Waals surface area contributed by atoms with Gasteiger partial charge < -0.3 is 9.15 Å². The summed E-state index contributed by atoms with van der Waals surface area (Å²) in [5.74, 6) is 0.242. The molecule has 0 fully saturated rings. The lowest BCUT2D eigenvalue weighted by Gasteiger charge is -2.22. The highest BCUT2D eigenvalue weighted by molar-refractivity contribution is 7.15. The zero-order chi connectivity index (χ0) is 23.1. The van der Waals surface area contributed by atoms with Crippen molar-refractivity contribution in [3.8, 4) is 5.75 Å². The van der Waals surface area contributed by atoms with Crippen LogP contribution in [0.1, 0.15) is 52.5 Å². The number of hydrogen-bond donors (Lipinski definition) is 0. The number of carbonyl (C=O) groups is 1. The van der Waals surface area contributed by atoms with Gasteiger partial charge in [0.1, 0.15) is 16.3 Å². The van der Waals surface area contributed by atoms with Crippen LogP contribution in [0.2, 0.25) is 5.02 Å². The maximum atomic E-state index is 13.6. The van der Waals surface area contributed by atoms with Gasteiger partial charge in [-0.25, -0.2) is 0 Å². The standard InChI is InChI=1S/C24H20ClN3O4S/c1-3-4-10-31-16-7-5-6-14(11-16)20-19-21(29)17-12-15(25)8-9-18(17)32-22(19)23(30)28(20)24-27-26-13(2)33-24/h5-9,11-12,20H,3-4,10H2,1-2H3. The number of halogens is 1. The van der Waals surface area contributed by atoms with E-state index in [1.165, 1.54) is 16.2 Å². The minimum Gasteiger partial charge on any atom is -0.494 e. The Morgan fingerprint density at radius 1 is 1.18 bits per heavy atom. The highest BCUT2D eigenvalue weighted by Gasteiger charge is 2.45. The summed E-state index contributed by atoms with van der Waals surface area (Å²) in [6, 6.07) is 11.5. The van der Waals surface area contributed by atoms with Crippen LogP contribution in [0.25, 0.3) is 11.0 Å². The Bertz CT molecular complexity index is 1430. The van der Waals surface area contributed by atoms with E-state index >= 15 is 0 Å². The van der Waals surface area contributed by atoms with Crippen molar-refractivity contribution in [3.63, 3.8) is 0 Å². The van der Waals surface area contributed by atoms with Crippen molar-refractivity contribution in [2.45, 2.75) is 32.7 Å². The predicted octanol–water partition coefficient (Wildman–Crippen LogP) is 5.54. The van der Waals surface area contributed by atoms with Crippen LogP contribution in [0.5, 0.6) is 5.75 Å². The molecule has 4 aromatic rings. The Labute approximate surface area is 198 Å². The molecule has 2 aromatic carbocycles. The number of unbranched alkanes of at least 4 members (excludes halogenated alkanes) is 1. The summed E-state index contributed by atoms with van der Waals surface area (Å²) in [7, 11) is 0. The van der Waals surface area contributed by atoms with Gasteiger partial charge in [0.25, 0.3) is 5.91 Å². The second kappa shape index (κ2) is 8.61. The summed E-state index contributed by atoms with van der Waals surface area (Å²) in [5, 5.41) is 10.1. The van der Waals surface area contributed by atoms with E-state index in [1.54, 1.807) is 18.2 Å². The quantitative estimate of drug-likeness (QED) is 0.336. The molecule has 0 spiro atoms. The van der Waals surface area contributed by atoms with Crippen LogP contribution < -0.4 is 15.1 Å². The van der Waals surface area contributed by atoms with Crippen LogP contribution >= 0.6 is 22.9 Å². The van der Waals surface area contributed by atoms with E-state index < -0.39 is 11.9 Å². The lowest BCUT2D eigenvalue weighted by atomic mass is 9.98. The first-order chi connectivity index (χ1) is 16.0. The smallest absolute Gasteiger partial charge is 0.297 e. The number of aromatic nitrogens is 2. The summed E-state index contributed by atoms with van der Waals surface area (Å²) in [5.41, 5.74) is 0.987. The molecule has 168 valence electrons. The molecule has 0 bridgehead atoms. The Hall–Kier alpha value is -3.23. The number of benzene rings is 2. The minimum atomic E-state index is -0.728. The molecule has 3 heterocycles. The first kappa shape index (κ1) is 21.6. The Morgan fingerprint density at radius 2 is 2.03 bits per heavy atom. The molecule has 2 aromatic heterocycles. The van der Waals surface area contributed by atoms with Gasteiger partial charge in [-0.05, 0) is 49.2 Å². The van der Waals surface area contributed by atoms with Crippen LogP contribution in [0, 0.1) is 6.92 Å². The van der Waals surface area contributed by atoms with Gasteiger partial charge in [0, 0.05) is 5.02 Å². The molecule has 7 nitrogen and oxygen atoms in total. The molecule has 1 aliphatic heterocycles. The van der Waals surface area contributed by atoms with Crippen LogP contribution in [0.3, 0.4) is 0 Å². The highest BCUT2D eigenvalue weighted by atomic mass is 35.5. The van der Waals surface area contributed by atoms with Crippen molar-refractivity contribution in [1.82, 2.24) is 10.2 Å². The number of amides is 1. The third-order valence-corrected chi connectivity index (χ3v) is 6.57. The van der Waals surface area contributed by atoms with E-state index in [2.05, 4.69) is 17.1 Å². The topological polar surface area (TPSA) is 85.5 Å². The van der Waals surface area contributed by atoms with Crippen molar-refractivity contribution < 1.29 is 13.9 Å². The number of rotatable bonds is 6. The summed E-state index contributed by atoms with van der Waals surface area (Å²) < 4.78 is 11.8. The van der Waals surface area contributed by atoms with Gasteiger partial charge in [0.2, 0.25) is 10.9 Å².